The van der Waals surface area contributed by atoms with Crippen LogP contribution in [0.3, 0.4) is 0 Å². The Morgan fingerprint density at radius 2 is 2.11 bits per heavy atom. The highest BCUT2D eigenvalue weighted by Gasteiger charge is 2.26. The van der Waals surface area contributed by atoms with Crippen LogP contribution in [-0.4, -0.2) is 23.2 Å². The van der Waals surface area contributed by atoms with E-state index in [-0.39, 0.29) is 6.04 Å². The first-order valence-corrected chi connectivity index (χ1v) is 7.51. The maximum Gasteiger partial charge on any atom is 0.320 e. The number of nitrogens with one attached hydrogen (secondary N) is 1. The highest BCUT2D eigenvalue weighted by atomic mass is 16.4. The van der Waals surface area contributed by atoms with Gasteiger partial charge in [-0.15, -0.1) is 0 Å². The fourth-order valence-electron chi connectivity index (χ4n) is 3.17. The molecule has 1 aliphatic carbocycles. The Bertz CT molecular complexity index is 253. The summed E-state index contributed by atoms with van der Waals surface area (Å²) >= 11 is 0. The summed E-state index contributed by atoms with van der Waals surface area (Å²) in [7, 11) is 0. The van der Waals surface area contributed by atoms with E-state index in [1.54, 1.807) is 0 Å². The number of rotatable bonds is 7. The largest absolute Gasteiger partial charge is 0.480 e. The van der Waals surface area contributed by atoms with Gasteiger partial charge in [0.15, 0.2) is 0 Å². The molecule has 3 atom stereocenters. The van der Waals surface area contributed by atoms with Gasteiger partial charge in [-0.05, 0) is 37.5 Å². The molecule has 3 unspecified atom stereocenters. The fourth-order valence-corrected chi connectivity index (χ4v) is 3.17. The zero-order valence-corrected chi connectivity index (χ0v) is 12.1. The van der Waals surface area contributed by atoms with Crippen molar-refractivity contribution in [1.82, 2.24) is 5.32 Å². The molecule has 0 saturated heterocycles. The van der Waals surface area contributed by atoms with Gasteiger partial charge in [-0.25, -0.2) is 0 Å². The molecular formula is C15H29NO2. The van der Waals surface area contributed by atoms with E-state index >= 15 is 0 Å². The van der Waals surface area contributed by atoms with Crippen LogP contribution in [-0.2, 0) is 4.79 Å². The van der Waals surface area contributed by atoms with Crippen molar-refractivity contribution in [3.05, 3.63) is 0 Å². The van der Waals surface area contributed by atoms with Crippen molar-refractivity contribution in [3.63, 3.8) is 0 Å². The topological polar surface area (TPSA) is 49.3 Å². The molecule has 1 saturated carbocycles. The van der Waals surface area contributed by atoms with Gasteiger partial charge in [-0.2, -0.15) is 0 Å². The Balaban J connectivity index is 2.42. The number of aliphatic carboxylic acids is 1. The van der Waals surface area contributed by atoms with E-state index in [1.165, 1.54) is 19.3 Å². The first-order valence-electron chi connectivity index (χ1n) is 7.51. The fraction of sp³-hybridized carbons (Fsp3) is 0.933. The van der Waals surface area contributed by atoms with E-state index in [0.29, 0.717) is 6.04 Å². The van der Waals surface area contributed by atoms with Crippen molar-refractivity contribution in [2.75, 3.05) is 0 Å². The minimum absolute atomic E-state index is 0.349. The molecule has 0 amide bonds. The Morgan fingerprint density at radius 3 is 2.67 bits per heavy atom. The molecule has 3 nitrogen and oxygen atoms in total. The van der Waals surface area contributed by atoms with Crippen LogP contribution in [0.25, 0.3) is 0 Å². The van der Waals surface area contributed by atoms with Crippen molar-refractivity contribution in [1.29, 1.82) is 0 Å². The first kappa shape index (κ1) is 15.5. The molecule has 0 radical (unpaired) electrons. The molecule has 18 heavy (non-hydrogen) atoms. The van der Waals surface area contributed by atoms with Crippen LogP contribution in [0.2, 0.25) is 0 Å². The molecule has 0 spiro atoms. The Morgan fingerprint density at radius 1 is 1.39 bits per heavy atom. The molecular weight excluding hydrogens is 226 g/mol. The minimum Gasteiger partial charge on any atom is -0.480 e. The maximum atomic E-state index is 11.2. The molecule has 106 valence electrons. The van der Waals surface area contributed by atoms with Crippen LogP contribution in [0.15, 0.2) is 0 Å². The number of carbonyl (C=O) groups is 1. The van der Waals surface area contributed by atoms with Crippen LogP contribution in [0.1, 0.15) is 65.7 Å². The third-order valence-electron chi connectivity index (χ3n) is 3.90. The van der Waals surface area contributed by atoms with E-state index in [0.717, 1.165) is 37.5 Å². The SMILES string of the molecule is CCCC(NC1CCCC(CC(C)C)C1)C(=O)O. The van der Waals surface area contributed by atoms with Crippen LogP contribution < -0.4 is 5.32 Å². The van der Waals surface area contributed by atoms with Crippen molar-refractivity contribution in [2.24, 2.45) is 11.8 Å². The second-order valence-electron chi connectivity index (χ2n) is 6.21. The molecule has 0 bridgehead atoms. The lowest BCUT2D eigenvalue weighted by molar-refractivity contribution is -0.140. The van der Waals surface area contributed by atoms with Gasteiger partial charge in [-0.1, -0.05) is 40.0 Å². The summed E-state index contributed by atoms with van der Waals surface area (Å²) in [6, 6.07) is 0.0629. The summed E-state index contributed by atoms with van der Waals surface area (Å²) < 4.78 is 0. The van der Waals surface area contributed by atoms with Crippen LogP contribution in [0.4, 0.5) is 0 Å². The highest BCUT2D eigenvalue weighted by molar-refractivity contribution is 5.73. The lowest BCUT2D eigenvalue weighted by Crippen LogP contribution is -2.45. The zero-order chi connectivity index (χ0) is 13.5. The second kappa shape index (κ2) is 7.78. The minimum atomic E-state index is -0.692. The number of hydrogen-bond donors (Lipinski definition) is 2. The molecule has 1 rings (SSSR count). The average Bonchev–Trinajstić information content (AvgIpc) is 2.28. The summed E-state index contributed by atoms with van der Waals surface area (Å²) in [6.45, 7) is 6.59. The predicted octanol–water partition coefficient (Wildman–Crippen LogP) is 3.43. The van der Waals surface area contributed by atoms with Gasteiger partial charge in [0, 0.05) is 6.04 Å². The average molecular weight is 255 g/mol. The van der Waals surface area contributed by atoms with E-state index < -0.39 is 5.97 Å². The van der Waals surface area contributed by atoms with Gasteiger partial charge in [0.25, 0.3) is 0 Å². The molecule has 0 aromatic heterocycles. The van der Waals surface area contributed by atoms with Gasteiger partial charge < -0.3 is 10.4 Å². The third-order valence-corrected chi connectivity index (χ3v) is 3.90. The van der Waals surface area contributed by atoms with Crippen LogP contribution in [0.5, 0.6) is 0 Å². The lowest BCUT2D eigenvalue weighted by atomic mass is 9.81. The smallest absolute Gasteiger partial charge is 0.320 e. The molecule has 0 heterocycles. The summed E-state index contributed by atoms with van der Waals surface area (Å²) in [4.78, 5) is 11.2. The number of carboxylic acid groups (broad SMARTS) is 1. The quantitative estimate of drug-likeness (QED) is 0.732. The normalized spacial score (nSPS) is 26.2. The highest BCUT2D eigenvalue weighted by Crippen LogP contribution is 2.29. The first-order chi connectivity index (χ1) is 8.52. The zero-order valence-electron chi connectivity index (χ0n) is 12.1. The molecule has 0 aromatic carbocycles. The van der Waals surface area contributed by atoms with Gasteiger partial charge in [-0.3, -0.25) is 4.79 Å². The summed E-state index contributed by atoms with van der Waals surface area (Å²) in [5.74, 6) is 0.842. The van der Waals surface area contributed by atoms with E-state index in [2.05, 4.69) is 19.2 Å². The standard InChI is InChI=1S/C15H29NO2/c1-4-6-14(15(17)18)16-13-8-5-7-12(10-13)9-11(2)3/h11-14,16H,4-10H2,1-3H3,(H,17,18). The monoisotopic (exact) mass is 255 g/mol. The van der Waals surface area contributed by atoms with E-state index in [4.69, 9.17) is 0 Å². The van der Waals surface area contributed by atoms with Gasteiger partial charge in [0.05, 0.1) is 0 Å². The molecule has 1 fully saturated rings. The summed E-state index contributed by atoms with van der Waals surface area (Å²) in [5, 5.41) is 12.5. The van der Waals surface area contributed by atoms with E-state index in [9.17, 15) is 9.90 Å². The van der Waals surface area contributed by atoms with Gasteiger partial charge >= 0.3 is 5.97 Å². The number of carboxylic acids is 1. The summed E-state index contributed by atoms with van der Waals surface area (Å²) in [6.07, 6.45) is 7.81. The van der Waals surface area contributed by atoms with Crippen molar-refractivity contribution >= 4 is 5.97 Å². The molecule has 0 aliphatic heterocycles. The number of hydrogen-bond acceptors (Lipinski definition) is 2. The predicted molar refractivity (Wildman–Crippen MR) is 74.7 cm³/mol. The Kier molecular flexibility index (Phi) is 6.69. The summed E-state index contributed by atoms with van der Waals surface area (Å²) in [5.41, 5.74) is 0. The molecule has 0 aromatic rings. The maximum absolute atomic E-state index is 11.2. The van der Waals surface area contributed by atoms with Crippen molar-refractivity contribution < 1.29 is 9.90 Å². The van der Waals surface area contributed by atoms with E-state index in [1.807, 2.05) is 6.92 Å². The Labute approximate surface area is 111 Å². The van der Waals surface area contributed by atoms with Gasteiger partial charge in [0.2, 0.25) is 0 Å². The third kappa shape index (κ3) is 5.38. The molecule has 3 heteroatoms. The van der Waals surface area contributed by atoms with Crippen molar-refractivity contribution in [3.8, 4) is 0 Å². The second-order valence-corrected chi connectivity index (χ2v) is 6.21. The Hall–Kier alpha value is -0.570. The van der Waals surface area contributed by atoms with Crippen LogP contribution >= 0.6 is 0 Å². The lowest BCUT2D eigenvalue weighted by Gasteiger charge is -2.32. The van der Waals surface area contributed by atoms with Gasteiger partial charge in [0.1, 0.15) is 6.04 Å². The van der Waals surface area contributed by atoms with Crippen molar-refractivity contribution in [2.45, 2.75) is 77.8 Å². The molecule has 2 N–H and O–H groups in total. The van der Waals surface area contributed by atoms with Crippen LogP contribution in [0, 0.1) is 11.8 Å². The molecule has 1 aliphatic rings.